The van der Waals surface area contributed by atoms with Crippen LogP contribution in [0.15, 0.2) is 42.5 Å². The molecule has 2 aromatic rings. The highest BCUT2D eigenvalue weighted by Crippen LogP contribution is 2.23. The third kappa shape index (κ3) is 5.76. The molecular formula is C19H20Cl2N2O2. The van der Waals surface area contributed by atoms with E-state index in [1.165, 1.54) is 6.92 Å². The maximum absolute atomic E-state index is 12.5. The highest BCUT2D eigenvalue weighted by atomic mass is 35.5. The SMILES string of the molecule is CC(=O)NCCc1ccc(C(=O)N(C)Cc2ccc(Cl)c(Cl)c2)cc1. The molecule has 0 radical (unpaired) electrons. The van der Waals surface area contributed by atoms with Gasteiger partial charge in [0, 0.05) is 32.6 Å². The van der Waals surface area contributed by atoms with Crippen LogP contribution in [0.1, 0.15) is 28.4 Å². The van der Waals surface area contributed by atoms with Crippen LogP contribution >= 0.6 is 23.2 Å². The van der Waals surface area contributed by atoms with Gasteiger partial charge in [-0.15, -0.1) is 0 Å². The van der Waals surface area contributed by atoms with Crippen molar-refractivity contribution in [2.75, 3.05) is 13.6 Å². The Morgan fingerprint density at radius 3 is 2.24 bits per heavy atom. The predicted molar refractivity (Wildman–Crippen MR) is 101 cm³/mol. The molecule has 0 heterocycles. The normalized spacial score (nSPS) is 10.4. The molecule has 0 bridgehead atoms. The minimum Gasteiger partial charge on any atom is -0.356 e. The van der Waals surface area contributed by atoms with E-state index in [2.05, 4.69) is 5.32 Å². The number of halogens is 2. The van der Waals surface area contributed by atoms with Crippen LogP contribution < -0.4 is 5.32 Å². The molecule has 0 unspecified atom stereocenters. The molecule has 2 amide bonds. The molecule has 0 aromatic heterocycles. The fourth-order valence-electron chi connectivity index (χ4n) is 2.40. The molecule has 132 valence electrons. The van der Waals surface area contributed by atoms with Gasteiger partial charge < -0.3 is 10.2 Å². The molecule has 6 heteroatoms. The van der Waals surface area contributed by atoms with Crippen molar-refractivity contribution >= 4 is 35.0 Å². The number of nitrogens with zero attached hydrogens (tertiary/aromatic N) is 1. The van der Waals surface area contributed by atoms with Gasteiger partial charge in [0.2, 0.25) is 5.91 Å². The summed E-state index contributed by atoms with van der Waals surface area (Å²) in [6, 6.07) is 12.8. The van der Waals surface area contributed by atoms with E-state index in [9.17, 15) is 9.59 Å². The van der Waals surface area contributed by atoms with Gasteiger partial charge in [0.05, 0.1) is 10.0 Å². The zero-order chi connectivity index (χ0) is 18.4. The Balaban J connectivity index is 1.96. The van der Waals surface area contributed by atoms with E-state index in [0.717, 1.165) is 17.5 Å². The van der Waals surface area contributed by atoms with Crippen molar-refractivity contribution in [3.05, 3.63) is 69.2 Å². The van der Waals surface area contributed by atoms with E-state index in [1.54, 1.807) is 36.2 Å². The summed E-state index contributed by atoms with van der Waals surface area (Å²) in [5.41, 5.74) is 2.60. The molecule has 0 saturated heterocycles. The topological polar surface area (TPSA) is 49.4 Å². The maximum Gasteiger partial charge on any atom is 0.253 e. The summed E-state index contributed by atoms with van der Waals surface area (Å²) in [5, 5.41) is 3.72. The van der Waals surface area contributed by atoms with Crippen molar-refractivity contribution < 1.29 is 9.59 Å². The Kier molecular flexibility index (Phi) is 6.85. The summed E-state index contributed by atoms with van der Waals surface area (Å²) >= 11 is 11.9. The van der Waals surface area contributed by atoms with Crippen molar-refractivity contribution in [2.45, 2.75) is 19.9 Å². The molecule has 0 saturated carbocycles. The fraction of sp³-hybridized carbons (Fsp3) is 0.263. The van der Waals surface area contributed by atoms with Crippen molar-refractivity contribution in [2.24, 2.45) is 0 Å². The smallest absolute Gasteiger partial charge is 0.253 e. The lowest BCUT2D eigenvalue weighted by Crippen LogP contribution is -2.26. The average molecular weight is 379 g/mol. The lowest BCUT2D eigenvalue weighted by Gasteiger charge is -2.18. The van der Waals surface area contributed by atoms with Crippen LogP contribution in [0.4, 0.5) is 0 Å². The first-order valence-corrected chi connectivity index (χ1v) is 8.65. The van der Waals surface area contributed by atoms with E-state index in [-0.39, 0.29) is 11.8 Å². The van der Waals surface area contributed by atoms with Gasteiger partial charge in [0.1, 0.15) is 0 Å². The first-order chi connectivity index (χ1) is 11.9. The van der Waals surface area contributed by atoms with Crippen LogP contribution in [0.5, 0.6) is 0 Å². The molecule has 2 aromatic carbocycles. The molecule has 0 aliphatic rings. The first-order valence-electron chi connectivity index (χ1n) is 7.89. The van der Waals surface area contributed by atoms with Crippen molar-refractivity contribution in [1.29, 1.82) is 0 Å². The number of benzene rings is 2. The number of amides is 2. The highest BCUT2D eigenvalue weighted by Gasteiger charge is 2.12. The van der Waals surface area contributed by atoms with Crippen molar-refractivity contribution in [3.63, 3.8) is 0 Å². The Labute approximate surface area is 157 Å². The standard InChI is InChI=1S/C19H20Cl2N2O2/c1-13(24)22-10-9-14-3-6-16(7-4-14)19(25)23(2)12-15-5-8-17(20)18(21)11-15/h3-8,11H,9-10,12H2,1-2H3,(H,22,24). The third-order valence-electron chi connectivity index (χ3n) is 3.74. The molecule has 0 spiro atoms. The largest absolute Gasteiger partial charge is 0.356 e. The van der Waals surface area contributed by atoms with Gasteiger partial charge in [-0.2, -0.15) is 0 Å². The second-order valence-electron chi connectivity index (χ2n) is 5.84. The van der Waals surface area contributed by atoms with Crippen LogP contribution in [0.3, 0.4) is 0 Å². The third-order valence-corrected chi connectivity index (χ3v) is 4.48. The number of carbonyl (C=O) groups is 2. The minimum atomic E-state index is -0.0699. The molecule has 0 atom stereocenters. The Bertz CT molecular complexity index is 761. The maximum atomic E-state index is 12.5. The van der Waals surface area contributed by atoms with Crippen molar-refractivity contribution in [1.82, 2.24) is 10.2 Å². The van der Waals surface area contributed by atoms with E-state index < -0.39 is 0 Å². The number of nitrogens with one attached hydrogen (secondary N) is 1. The second-order valence-corrected chi connectivity index (χ2v) is 6.65. The first kappa shape index (κ1) is 19.3. The number of hydrogen-bond acceptors (Lipinski definition) is 2. The molecule has 0 aliphatic carbocycles. The van der Waals surface area contributed by atoms with Crippen LogP contribution in [0, 0.1) is 0 Å². The second kappa shape index (κ2) is 8.88. The summed E-state index contributed by atoms with van der Waals surface area (Å²) in [6.45, 7) is 2.52. The fourth-order valence-corrected chi connectivity index (χ4v) is 2.72. The van der Waals surface area contributed by atoms with Crippen molar-refractivity contribution in [3.8, 4) is 0 Å². The molecule has 0 fully saturated rings. The van der Waals surface area contributed by atoms with Gasteiger partial charge in [-0.1, -0.05) is 41.4 Å². The van der Waals surface area contributed by atoms with Gasteiger partial charge in [0.25, 0.3) is 5.91 Å². The zero-order valence-electron chi connectivity index (χ0n) is 14.2. The van der Waals surface area contributed by atoms with Gasteiger partial charge in [0.15, 0.2) is 0 Å². The summed E-state index contributed by atoms with van der Waals surface area (Å²) in [6.07, 6.45) is 0.729. The minimum absolute atomic E-state index is 0.0456. The van der Waals surface area contributed by atoms with E-state index >= 15 is 0 Å². The monoisotopic (exact) mass is 378 g/mol. The van der Waals surface area contributed by atoms with Gasteiger partial charge in [-0.05, 0) is 41.8 Å². The number of rotatable bonds is 6. The lowest BCUT2D eigenvalue weighted by atomic mass is 10.1. The summed E-state index contributed by atoms with van der Waals surface area (Å²) < 4.78 is 0. The highest BCUT2D eigenvalue weighted by molar-refractivity contribution is 6.42. The number of carbonyl (C=O) groups excluding carboxylic acids is 2. The average Bonchev–Trinajstić information content (AvgIpc) is 2.58. The number of hydrogen-bond donors (Lipinski definition) is 1. The Hall–Kier alpha value is -2.04. The molecule has 25 heavy (non-hydrogen) atoms. The van der Waals surface area contributed by atoms with E-state index in [1.807, 2.05) is 18.2 Å². The predicted octanol–water partition coefficient (Wildman–Crippen LogP) is 3.94. The molecule has 2 rings (SSSR count). The van der Waals surface area contributed by atoms with E-state index in [0.29, 0.717) is 28.7 Å². The van der Waals surface area contributed by atoms with Crippen LogP contribution in [0.2, 0.25) is 10.0 Å². The summed E-state index contributed by atoms with van der Waals surface area (Å²) in [4.78, 5) is 25.0. The van der Waals surface area contributed by atoms with Gasteiger partial charge in [-0.25, -0.2) is 0 Å². The van der Waals surface area contributed by atoms with Crippen LogP contribution in [-0.2, 0) is 17.8 Å². The Morgan fingerprint density at radius 2 is 1.64 bits per heavy atom. The van der Waals surface area contributed by atoms with Gasteiger partial charge in [-0.3, -0.25) is 9.59 Å². The quantitative estimate of drug-likeness (QED) is 0.827. The zero-order valence-corrected chi connectivity index (χ0v) is 15.7. The van der Waals surface area contributed by atoms with Crippen LogP contribution in [0.25, 0.3) is 0 Å². The summed E-state index contributed by atoms with van der Waals surface area (Å²) in [7, 11) is 1.75. The van der Waals surface area contributed by atoms with Crippen LogP contribution in [-0.4, -0.2) is 30.3 Å². The summed E-state index contributed by atoms with van der Waals surface area (Å²) in [5.74, 6) is -0.116. The molecule has 1 N–H and O–H groups in total. The molecule has 0 aliphatic heterocycles. The van der Waals surface area contributed by atoms with E-state index in [4.69, 9.17) is 23.2 Å². The van der Waals surface area contributed by atoms with Gasteiger partial charge >= 0.3 is 0 Å². The molecular weight excluding hydrogens is 359 g/mol. The Morgan fingerprint density at radius 1 is 1.00 bits per heavy atom. The lowest BCUT2D eigenvalue weighted by molar-refractivity contribution is -0.118. The molecule has 4 nitrogen and oxygen atoms in total.